The van der Waals surface area contributed by atoms with Gasteiger partial charge in [-0.3, -0.25) is 9.69 Å². The van der Waals surface area contributed by atoms with Gasteiger partial charge in [-0.25, -0.2) is 0 Å². The quantitative estimate of drug-likeness (QED) is 0.919. The summed E-state index contributed by atoms with van der Waals surface area (Å²) in [5.41, 5.74) is 2.06. The Morgan fingerprint density at radius 2 is 2.25 bits per heavy atom. The van der Waals surface area contributed by atoms with Gasteiger partial charge in [0.05, 0.1) is 12.0 Å². The Hall–Kier alpha value is -1.59. The van der Waals surface area contributed by atoms with E-state index in [1.165, 1.54) is 11.1 Å². The average molecular weight is 330 g/mol. The van der Waals surface area contributed by atoms with Gasteiger partial charge in [0, 0.05) is 25.6 Å². The third kappa shape index (κ3) is 2.60. The van der Waals surface area contributed by atoms with Crippen molar-refractivity contribution < 1.29 is 14.6 Å². The number of ether oxygens (including phenoxy) is 1. The Morgan fingerprint density at radius 1 is 1.38 bits per heavy atom. The van der Waals surface area contributed by atoms with Crippen molar-refractivity contribution in [2.24, 2.45) is 5.41 Å². The highest BCUT2D eigenvalue weighted by atomic mass is 16.5. The number of nitrogens with zero attached hydrogens (tertiary/aromatic N) is 2. The summed E-state index contributed by atoms with van der Waals surface area (Å²) >= 11 is 0. The maximum atomic E-state index is 12.0. The van der Waals surface area contributed by atoms with E-state index in [0.29, 0.717) is 0 Å². The van der Waals surface area contributed by atoms with Crippen molar-refractivity contribution in [1.82, 2.24) is 9.80 Å². The molecule has 0 radical (unpaired) electrons. The summed E-state index contributed by atoms with van der Waals surface area (Å²) in [6.45, 7) is 4.40. The molecule has 3 aliphatic heterocycles. The Kier molecular flexibility index (Phi) is 4.01. The van der Waals surface area contributed by atoms with Crippen molar-refractivity contribution in [1.29, 1.82) is 0 Å². The van der Waals surface area contributed by atoms with Crippen LogP contribution >= 0.6 is 0 Å². The molecule has 3 heterocycles. The number of likely N-dealkylation sites (tertiary alicyclic amines) is 2. The number of hydrogen-bond donors (Lipinski definition) is 1. The fourth-order valence-electron chi connectivity index (χ4n) is 4.78. The van der Waals surface area contributed by atoms with E-state index in [1.807, 2.05) is 0 Å². The topological polar surface area (TPSA) is 53.0 Å². The zero-order valence-electron chi connectivity index (χ0n) is 14.3. The fraction of sp³-hybridized carbons (Fsp3) is 0.632. The third-order valence-corrected chi connectivity index (χ3v) is 6.19. The van der Waals surface area contributed by atoms with Gasteiger partial charge in [0.15, 0.2) is 0 Å². The zero-order chi connectivity index (χ0) is 16.7. The average Bonchev–Trinajstić information content (AvgIpc) is 3.03. The number of likely N-dealkylation sites (N-methyl/N-ethyl adjacent to an activating group) is 1. The van der Waals surface area contributed by atoms with Crippen LogP contribution < -0.4 is 4.74 Å². The van der Waals surface area contributed by atoms with E-state index in [2.05, 4.69) is 35.0 Å². The Morgan fingerprint density at radius 3 is 3.08 bits per heavy atom. The number of aliphatic carboxylic acids is 1. The summed E-state index contributed by atoms with van der Waals surface area (Å²) in [5.74, 6) is 0.419. The summed E-state index contributed by atoms with van der Waals surface area (Å²) in [6.07, 6.45) is 3.56. The lowest BCUT2D eigenvalue weighted by molar-refractivity contribution is -0.162. The molecule has 2 atom stereocenters. The van der Waals surface area contributed by atoms with E-state index in [0.717, 1.165) is 64.2 Å². The molecule has 0 spiro atoms. The van der Waals surface area contributed by atoms with Crippen molar-refractivity contribution >= 4 is 5.97 Å². The summed E-state index contributed by atoms with van der Waals surface area (Å²) in [4.78, 5) is 16.7. The predicted octanol–water partition coefficient (Wildman–Crippen LogP) is 1.99. The van der Waals surface area contributed by atoms with E-state index in [-0.39, 0.29) is 6.04 Å². The maximum absolute atomic E-state index is 12.0. The summed E-state index contributed by atoms with van der Waals surface area (Å²) in [5, 5.41) is 9.86. The van der Waals surface area contributed by atoms with Crippen LogP contribution in [-0.4, -0.2) is 60.2 Å². The molecule has 0 aromatic heterocycles. The van der Waals surface area contributed by atoms with Crippen LogP contribution in [0.4, 0.5) is 0 Å². The Labute approximate surface area is 143 Å². The molecule has 5 heteroatoms. The van der Waals surface area contributed by atoms with Gasteiger partial charge in [-0.05, 0) is 56.6 Å². The van der Waals surface area contributed by atoms with Crippen LogP contribution in [-0.2, 0) is 17.8 Å². The first-order chi connectivity index (χ1) is 11.6. The first kappa shape index (κ1) is 15.9. The molecule has 0 amide bonds. The van der Waals surface area contributed by atoms with Crippen LogP contribution in [0, 0.1) is 5.41 Å². The number of hydrogen-bond acceptors (Lipinski definition) is 4. The van der Waals surface area contributed by atoms with Crippen LogP contribution in [0.1, 0.15) is 30.4 Å². The van der Waals surface area contributed by atoms with E-state index in [1.54, 1.807) is 0 Å². The lowest BCUT2D eigenvalue weighted by atomic mass is 9.68. The molecule has 2 saturated heterocycles. The van der Waals surface area contributed by atoms with Crippen molar-refractivity contribution in [2.75, 3.05) is 33.3 Å². The maximum Gasteiger partial charge on any atom is 0.311 e. The molecule has 4 rings (SSSR count). The lowest BCUT2D eigenvalue weighted by Crippen LogP contribution is -2.62. The molecule has 24 heavy (non-hydrogen) atoms. The molecular formula is C19H26N2O3. The first-order valence-electron chi connectivity index (χ1n) is 8.99. The van der Waals surface area contributed by atoms with Gasteiger partial charge in [-0.15, -0.1) is 0 Å². The number of fused-ring (bicyclic) bond motifs is 2. The standard InChI is InChI=1S/C19H26N2O3/c1-20-8-2-6-19(18(22)23)7-9-21(13-17(19)20)12-14-3-4-16-15(11-14)5-10-24-16/h3-4,11,17H,2,5-10,12-13H2,1H3,(H,22,23)/t17-,19+/m1/s1. The molecule has 0 saturated carbocycles. The Balaban J connectivity index is 1.50. The number of piperidine rings is 2. The fourth-order valence-corrected chi connectivity index (χ4v) is 4.78. The number of benzene rings is 1. The summed E-state index contributed by atoms with van der Waals surface area (Å²) in [6, 6.07) is 6.60. The minimum atomic E-state index is -0.603. The number of rotatable bonds is 3. The van der Waals surface area contributed by atoms with Gasteiger partial charge in [0.2, 0.25) is 0 Å². The van der Waals surface area contributed by atoms with E-state index in [9.17, 15) is 9.90 Å². The highest BCUT2D eigenvalue weighted by Crippen LogP contribution is 2.42. The Bertz CT molecular complexity index is 647. The molecule has 3 aliphatic rings. The normalized spacial score (nSPS) is 30.5. The lowest BCUT2D eigenvalue weighted by Gasteiger charge is -2.51. The van der Waals surface area contributed by atoms with Crippen molar-refractivity contribution in [3.05, 3.63) is 29.3 Å². The predicted molar refractivity (Wildman–Crippen MR) is 91.3 cm³/mol. The monoisotopic (exact) mass is 330 g/mol. The number of carboxylic acid groups (broad SMARTS) is 1. The second-order valence-corrected chi connectivity index (χ2v) is 7.59. The summed E-state index contributed by atoms with van der Waals surface area (Å²) < 4.78 is 5.58. The second-order valence-electron chi connectivity index (χ2n) is 7.59. The van der Waals surface area contributed by atoms with Crippen LogP contribution in [0.25, 0.3) is 0 Å². The van der Waals surface area contributed by atoms with Crippen LogP contribution in [0.2, 0.25) is 0 Å². The zero-order valence-corrected chi connectivity index (χ0v) is 14.3. The molecule has 2 fully saturated rings. The van der Waals surface area contributed by atoms with E-state index >= 15 is 0 Å². The number of carboxylic acids is 1. The molecule has 1 N–H and O–H groups in total. The number of carbonyl (C=O) groups is 1. The van der Waals surface area contributed by atoms with Gasteiger partial charge in [-0.2, -0.15) is 0 Å². The minimum absolute atomic E-state index is 0.121. The van der Waals surface area contributed by atoms with Crippen LogP contribution in [0.5, 0.6) is 5.75 Å². The second kappa shape index (κ2) is 6.05. The van der Waals surface area contributed by atoms with Crippen molar-refractivity contribution in [3.63, 3.8) is 0 Å². The third-order valence-electron chi connectivity index (χ3n) is 6.19. The highest BCUT2D eigenvalue weighted by Gasteiger charge is 2.52. The molecule has 0 aliphatic carbocycles. The highest BCUT2D eigenvalue weighted by molar-refractivity contribution is 5.76. The van der Waals surface area contributed by atoms with E-state index < -0.39 is 11.4 Å². The minimum Gasteiger partial charge on any atom is -0.493 e. The van der Waals surface area contributed by atoms with Crippen molar-refractivity contribution in [3.8, 4) is 5.75 Å². The van der Waals surface area contributed by atoms with Gasteiger partial charge in [0.25, 0.3) is 0 Å². The molecular weight excluding hydrogens is 304 g/mol. The smallest absolute Gasteiger partial charge is 0.311 e. The molecule has 130 valence electrons. The molecule has 1 aromatic rings. The van der Waals surface area contributed by atoms with E-state index in [4.69, 9.17) is 4.74 Å². The van der Waals surface area contributed by atoms with Crippen LogP contribution in [0.15, 0.2) is 18.2 Å². The first-order valence-corrected chi connectivity index (χ1v) is 8.99. The van der Waals surface area contributed by atoms with Gasteiger partial charge < -0.3 is 14.7 Å². The van der Waals surface area contributed by atoms with Gasteiger partial charge >= 0.3 is 5.97 Å². The van der Waals surface area contributed by atoms with Crippen LogP contribution in [0.3, 0.4) is 0 Å². The van der Waals surface area contributed by atoms with Gasteiger partial charge in [0.1, 0.15) is 5.75 Å². The molecule has 1 aromatic carbocycles. The van der Waals surface area contributed by atoms with Crippen molar-refractivity contribution in [2.45, 2.75) is 38.3 Å². The molecule has 5 nitrogen and oxygen atoms in total. The van der Waals surface area contributed by atoms with Gasteiger partial charge in [-0.1, -0.05) is 12.1 Å². The SMILES string of the molecule is CN1CCC[C@]2(C(=O)O)CCN(Cc3ccc4c(c3)CCO4)C[C@@H]12. The largest absolute Gasteiger partial charge is 0.493 e. The molecule has 0 unspecified atom stereocenters. The summed E-state index contributed by atoms with van der Waals surface area (Å²) in [7, 11) is 2.08. The molecule has 0 bridgehead atoms.